The number of nitrogens with zero attached hydrogens (tertiary/aromatic N) is 1. The Balaban J connectivity index is 0.00000200. The minimum atomic E-state index is -3.39. The normalized spacial score (nSPS) is 19.1. The van der Waals surface area contributed by atoms with Gasteiger partial charge in [-0.25, -0.2) is 8.42 Å². The van der Waals surface area contributed by atoms with Crippen LogP contribution in [0.1, 0.15) is 19.8 Å². The van der Waals surface area contributed by atoms with Crippen molar-refractivity contribution >= 4 is 38.4 Å². The van der Waals surface area contributed by atoms with Gasteiger partial charge in [0.25, 0.3) is 0 Å². The molecule has 0 aliphatic carbocycles. The summed E-state index contributed by atoms with van der Waals surface area (Å²) in [4.78, 5) is 0.371. The van der Waals surface area contributed by atoms with Crippen LogP contribution in [-0.2, 0) is 10.0 Å². The minimum Gasteiger partial charge on any atom is -0.315 e. The van der Waals surface area contributed by atoms with Gasteiger partial charge in [-0.3, -0.25) is 0 Å². The lowest BCUT2D eigenvalue weighted by molar-refractivity contribution is 0.335. The minimum absolute atomic E-state index is 0. The van der Waals surface area contributed by atoms with E-state index < -0.39 is 10.0 Å². The Morgan fingerprint density at radius 1 is 1.35 bits per heavy atom. The molecule has 1 fully saturated rings. The predicted octanol–water partition coefficient (Wildman–Crippen LogP) is 2.63. The molecule has 7 heteroatoms. The lowest BCUT2D eigenvalue weighted by Crippen LogP contribution is -2.41. The number of rotatable bonds is 5. The number of benzene rings is 1. The van der Waals surface area contributed by atoms with Crippen molar-refractivity contribution in [3.8, 4) is 0 Å². The first-order valence-electron chi connectivity index (χ1n) is 6.54. The highest BCUT2D eigenvalue weighted by molar-refractivity contribution is 9.10. The molecule has 1 aliphatic heterocycles. The lowest BCUT2D eigenvalue weighted by Gasteiger charge is -2.27. The van der Waals surface area contributed by atoms with E-state index in [2.05, 4.69) is 21.2 Å². The summed E-state index contributed by atoms with van der Waals surface area (Å²) in [5.74, 6) is 0. The van der Waals surface area contributed by atoms with E-state index >= 15 is 0 Å². The van der Waals surface area contributed by atoms with Crippen LogP contribution < -0.4 is 5.32 Å². The van der Waals surface area contributed by atoms with Crippen molar-refractivity contribution in [1.82, 2.24) is 9.62 Å². The Bertz CT molecular complexity index is 516. The maximum Gasteiger partial charge on any atom is 0.243 e. The third-order valence-electron chi connectivity index (χ3n) is 3.31. The first kappa shape index (κ1) is 17.9. The zero-order valence-electron chi connectivity index (χ0n) is 11.4. The van der Waals surface area contributed by atoms with E-state index in [4.69, 9.17) is 0 Å². The molecule has 0 spiro atoms. The van der Waals surface area contributed by atoms with Gasteiger partial charge in [0.1, 0.15) is 0 Å². The van der Waals surface area contributed by atoms with Gasteiger partial charge in [-0.1, -0.05) is 22.9 Å². The summed E-state index contributed by atoms with van der Waals surface area (Å²) < 4.78 is 27.9. The second-order valence-electron chi connectivity index (χ2n) is 4.72. The second-order valence-corrected chi connectivity index (χ2v) is 7.52. The molecule has 4 nitrogen and oxygen atoms in total. The van der Waals surface area contributed by atoms with Crippen LogP contribution in [0, 0.1) is 0 Å². The average Bonchev–Trinajstić information content (AvgIpc) is 2.89. The monoisotopic (exact) mass is 382 g/mol. The highest BCUT2D eigenvalue weighted by atomic mass is 79.9. The van der Waals surface area contributed by atoms with Crippen molar-refractivity contribution in [3.63, 3.8) is 0 Å². The molecule has 1 atom stereocenters. The molecule has 1 aliphatic rings. The molecular weight excluding hydrogens is 364 g/mol. The maximum atomic E-state index is 12.7. The number of halogens is 2. The largest absolute Gasteiger partial charge is 0.315 e. The van der Waals surface area contributed by atoms with Crippen molar-refractivity contribution in [1.29, 1.82) is 0 Å². The molecule has 0 radical (unpaired) electrons. The Kier molecular flexibility index (Phi) is 6.94. The highest BCUT2D eigenvalue weighted by Gasteiger charge is 2.32. The Hall–Kier alpha value is -0.140. The Labute approximate surface area is 135 Å². The van der Waals surface area contributed by atoms with E-state index in [0.717, 1.165) is 30.4 Å². The number of hydrogen-bond acceptors (Lipinski definition) is 3. The third kappa shape index (κ3) is 3.95. The van der Waals surface area contributed by atoms with Crippen molar-refractivity contribution in [2.75, 3.05) is 19.6 Å². The molecule has 1 aromatic carbocycles. The first-order chi connectivity index (χ1) is 9.05. The number of sulfonamides is 1. The number of nitrogens with one attached hydrogen (secondary N) is 1. The molecule has 2 rings (SSSR count). The summed E-state index contributed by atoms with van der Waals surface area (Å²) in [6, 6.07) is 6.93. The fraction of sp³-hybridized carbons (Fsp3) is 0.538. The van der Waals surface area contributed by atoms with E-state index in [1.54, 1.807) is 28.6 Å². The zero-order valence-corrected chi connectivity index (χ0v) is 14.6. The van der Waals surface area contributed by atoms with Crippen molar-refractivity contribution in [2.24, 2.45) is 0 Å². The second kappa shape index (κ2) is 7.75. The van der Waals surface area contributed by atoms with E-state index in [1.807, 2.05) is 6.92 Å². The SMILES string of the molecule is CCCN(C1CCNC1)S(=O)(=O)c1ccc(Br)cc1.Cl. The lowest BCUT2D eigenvalue weighted by atomic mass is 10.2. The summed E-state index contributed by atoms with van der Waals surface area (Å²) in [5, 5.41) is 3.23. The van der Waals surface area contributed by atoms with Gasteiger partial charge in [0.05, 0.1) is 4.90 Å². The molecule has 1 unspecified atom stereocenters. The van der Waals surface area contributed by atoms with Crippen LogP contribution in [-0.4, -0.2) is 38.4 Å². The van der Waals surface area contributed by atoms with E-state index in [-0.39, 0.29) is 18.4 Å². The van der Waals surface area contributed by atoms with E-state index in [1.165, 1.54) is 0 Å². The molecule has 1 N–H and O–H groups in total. The molecule has 20 heavy (non-hydrogen) atoms. The van der Waals surface area contributed by atoms with Gasteiger partial charge in [0.2, 0.25) is 10.0 Å². The van der Waals surface area contributed by atoms with Crippen molar-refractivity contribution in [3.05, 3.63) is 28.7 Å². The summed E-state index contributed by atoms with van der Waals surface area (Å²) in [6.45, 7) is 4.22. The van der Waals surface area contributed by atoms with Gasteiger partial charge in [0.15, 0.2) is 0 Å². The fourth-order valence-electron chi connectivity index (χ4n) is 2.35. The van der Waals surface area contributed by atoms with Crippen molar-refractivity contribution in [2.45, 2.75) is 30.7 Å². The van der Waals surface area contributed by atoms with Gasteiger partial charge >= 0.3 is 0 Å². The van der Waals surface area contributed by atoms with Crippen molar-refractivity contribution < 1.29 is 8.42 Å². The number of hydrogen-bond donors (Lipinski definition) is 1. The van der Waals surface area contributed by atoms with Crippen LogP contribution in [0.3, 0.4) is 0 Å². The highest BCUT2D eigenvalue weighted by Crippen LogP contribution is 2.23. The molecule has 0 saturated carbocycles. The van der Waals surface area contributed by atoms with Crippen LogP contribution in [0.5, 0.6) is 0 Å². The van der Waals surface area contributed by atoms with Crippen LogP contribution in [0.25, 0.3) is 0 Å². The van der Waals surface area contributed by atoms with Gasteiger partial charge in [-0.2, -0.15) is 4.31 Å². The predicted molar refractivity (Wildman–Crippen MR) is 86.8 cm³/mol. The summed E-state index contributed by atoms with van der Waals surface area (Å²) >= 11 is 3.33. The topological polar surface area (TPSA) is 49.4 Å². The van der Waals surface area contributed by atoms with Gasteiger partial charge in [-0.15, -0.1) is 12.4 Å². The maximum absolute atomic E-state index is 12.7. The summed E-state index contributed by atoms with van der Waals surface area (Å²) in [6.07, 6.45) is 1.71. The molecule has 1 aromatic rings. The molecule has 0 aromatic heterocycles. The third-order valence-corrected chi connectivity index (χ3v) is 5.80. The van der Waals surface area contributed by atoms with Crippen LogP contribution >= 0.6 is 28.3 Å². The Morgan fingerprint density at radius 2 is 2.00 bits per heavy atom. The van der Waals surface area contributed by atoms with E-state index in [0.29, 0.717) is 11.4 Å². The first-order valence-corrected chi connectivity index (χ1v) is 8.77. The fourth-order valence-corrected chi connectivity index (χ4v) is 4.36. The molecule has 1 saturated heterocycles. The molecule has 1 heterocycles. The van der Waals surface area contributed by atoms with Crippen LogP contribution in [0.15, 0.2) is 33.6 Å². The van der Waals surface area contributed by atoms with Crippen LogP contribution in [0.2, 0.25) is 0 Å². The standard InChI is InChI=1S/C13H19BrN2O2S.ClH/c1-2-9-16(12-7-8-15-10-12)19(17,18)13-5-3-11(14)4-6-13;/h3-6,12,15H,2,7-10H2,1H3;1H. The smallest absolute Gasteiger partial charge is 0.243 e. The van der Waals surface area contributed by atoms with Gasteiger partial charge < -0.3 is 5.32 Å². The van der Waals surface area contributed by atoms with Crippen LogP contribution in [0.4, 0.5) is 0 Å². The quantitative estimate of drug-likeness (QED) is 0.850. The van der Waals surface area contributed by atoms with Gasteiger partial charge in [0, 0.05) is 23.6 Å². The molecule has 114 valence electrons. The molecular formula is C13H20BrClN2O2S. The molecule has 0 bridgehead atoms. The van der Waals surface area contributed by atoms with E-state index in [9.17, 15) is 8.42 Å². The Morgan fingerprint density at radius 3 is 2.50 bits per heavy atom. The molecule has 0 amide bonds. The summed E-state index contributed by atoms with van der Waals surface area (Å²) in [5.41, 5.74) is 0. The average molecular weight is 384 g/mol. The summed E-state index contributed by atoms with van der Waals surface area (Å²) in [7, 11) is -3.39. The van der Waals surface area contributed by atoms with Gasteiger partial charge in [-0.05, 0) is 43.7 Å². The zero-order chi connectivity index (χ0) is 13.9.